The van der Waals surface area contributed by atoms with Crippen molar-refractivity contribution in [3.63, 3.8) is 0 Å². The number of benzene rings is 1. The maximum atomic E-state index is 12.5. The van der Waals surface area contributed by atoms with Gasteiger partial charge in [-0.15, -0.1) is 11.3 Å². The van der Waals surface area contributed by atoms with E-state index in [4.69, 9.17) is 17.3 Å². The van der Waals surface area contributed by atoms with Crippen molar-refractivity contribution >= 4 is 39.9 Å². The first-order chi connectivity index (χ1) is 10.0. The topological polar surface area (TPSA) is 85.1 Å². The number of anilines is 1. The Kier molecular flexibility index (Phi) is 3.43. The lowest BCUT2D eigenvalue weighted by Crippen LogP contribution is -2.27. The molecule has 21 heavy (non-hydrogen) atoms. The predicted octanol–water partition coefficient (Wildman–Crippen LogP) is 2.57. The number of hydrogen-bond acceptors (Lipinski definition) is 4. The molecule has 1 heterocycles. The molecule has 3 N–H and O–H groups in total. The van der Waals surface area contributed by atoms with Crippen LogP contribution < -0.4 is 11.1 Å². The fraction of sp³-hybridized carbons (Fsp3) is 0.214. The van der Waals surface area contributed by atoms with E-state index in [2.05, 4.69) is 10.3 Å². The third kappa shape index (κ3) is 2.64. The number of primary amides is 1. The molecule has 1 fully saturated rings. The van der Waals surface area contributed by atoms with E-state index in [1.165, 1.54) is 16.7 Å². The fourth-order valence-electron chi connectivity index (χ4n) is 2.20. The summed E-state index contributed by atoms with van der Waals surface area (Å²) in [6, 6.07) is 7.29. The monoisotopic (exact) mass is 321 g/mol. The van der Waals surface area contributed by atoms with Crippen LogP contribution in [0.2, 0.25) is 5.02 Å². The third-order valence-electron chi connectivity index (χ3n) is 3.56. The molecular weight excluding hydrogens is 310 g/mol. The van der Waals surface area contributed by atoms with Gasteiger partial charge in [-0.25, -0.2) is 4.98 Å². The van der Waals surface area contributed by atoms with E-state index in [-0.39, 0.29) is 11.6 Å². The molecule has 0 radical (unpaired) electrons. The second-order valence-corrected chi connectivity index (χ2v) is 6.24. The first kappa shape index (κ1) is 14.0. The van der Waals surface area contributed by atoms with Crippen LogP contribution in [-0.4, -0.2) is 16.8 Å². The quantitative estimate of drug-likeness (QED) is 0.907. The Labute approximate surface area is 130 Å². The highest BCUT2D eigenvalue weighted by atomic mass is 35.5. The van der Waals surface area contributed by atoms with Crippen LogP contribution in [0, 0.1) is 0 Å². The van der Waals surface area contributed by atoms with Crippen molar-refractivity contribution in [2.45, 2.75) is 18.3 Å². The number of amides is 2. The summed E-state index contributed by atoms with van der Waals surface area (Å²) in [5.74, 6) is -0.722. The molecule has 2 amide bonds. The summed E-state index contributed by atoms with van der Waals surface area (Å²) in [7, 11) is 0. The van der Waals surface area contributed by atoms with E-state index in [1.807, 2.05) is 12.1 Å². The molecule has 5 nitrogen and oxygen atoms in total. The van der Waals surface area contributed by atoms with Crippen molar-refractivity contribution in [2.75, 3.05) is 5.32 Å². The minimum atomic E-state index is -0.606. The summed E-state index contributed by atoms with van der Waals surface area (Å²) in [5, 5.41) is 5.31. The molecular formula is C14H12ClN3O2S. The molecule has 1 aliphatic carbocycles. The van der Waals surface area contributed by atoms with Gasteiger partial charge in [0.25, 0.3) is 5.91 Å². The summed E-state index contributed by atoms with van der Waals surface area (Å²) in [4.78, 5) is 27.5. The Balaban J connectivity index is 1.78. The Morgan fingerprint density at radius 2 is 1.95 bits per heavy atom. The van der Waals surface area contributed by atoms with Gasteiger partial charge in [0, 0.05) is 10.4 Å². The van der Waals surface area contributed by atoms with E-state index in [1.54, 1.807) is 12.1 Å². The number of halogens is 1. The number of nitrogens with one attached hydrogen (secondary N) is 1. The highest BCUT2D eigenvalue weighted by Gasteiger charge is 2.51. The van der Waals surface area contributed by atoms with E-state index in [0.29, 0.717) is 10.2 Å². The van der Waals surface area contributed by atoms with E-state index >= 15 is 0 Å². The van der Waals surface area contributed by atoms with Gasteiger partial charge in [0.05, 0.1) is 5.41 Å². The van der Waals surface area contributed by atoms with Crippen LogP contribution in [0.3, 0.4) is 0 Å². The van der Waals surface area contributed by atoms with Crippen LogP contribution >= 0.6 is 22.9 Å². The summed E-state index contributed by atoms with van der Waals surface area (Å²) in [6.07, 6.45) is 1.57. The summed E-state index contributed by atoms with van der Waals surface area (Å²) in [6.45, 7) is 0. The molecule has 108 valence electrons. The summed E-state index contributed by atoms with van der Waals surface area (Å²) in [5.41, 5.74) is 5.73. The zero-order valence-corrected chi connectivity index (χ0v) is 12.5. The van der Waals surface area contributed by atoms with Crippen LogP contribution in [0.15, 0.2) is 29.6 Å². The Morgan fingerprint density at radius 3 is 2.48 bits per heavy atom. The number of nitrogens with two attached hydrogens (primary N) is 1. The summed E-state index contributed by atoms with van der Waals surface area (Å²) >= 11 is 7.05. The first-order valence-corrected chi connectivity index (χ1v) is 7.60. The van der Waals surface area contributed by atoms with Crippen molar-refractivity contribution in [2.24, 2.45) is 5.73 Å². The van der Waals surface area contributed by atoms with Crippen molar-refractivity contribution in [3.05, 3.63) is 45.9 Å². The number of aromatic nitrogens is 1. The zero-order valence-electron chi connectivity index (χ0n) is 10.9. The molecule has 1 saturated carbocycles. The zero-order chi connectivity index (χ0) is 15.0. The number of thiazole rings is 1. The van der Waals surface area contributed by atoms with Gasteiger partial charge in [-0.05, 0) is 30.5 Å². The van der Waals surface area contributed by atoms with E-state index in [9.17, 15) is 9.59 Å². The smallest absolute Gasteiger partial charge is 0.268 e. The summed E-state index contributed by atoms with van der Waals surface area (Å²) < 4.78 is 0. The van der Waals surface area contributed by atoms with Crippen molar-refractivity contribution in [3.8, 4) is 0 Å². The van der Waals surface area contributed by atoms with Gasteiger partial charge < -0.3 is 11.1 Å². The van der Waals surface area contributed by atoms with Crippen LogP contribution in [0.4, 0.5) is 5.13 Å². The Bertz CT molecular complexity index is 707. The Hall–Kier alpha value is -1.92. The normalized spacial score (nSPS) is 15.5. The second kappa shape index (κ2) is 5.13. The molecule has 1 aliphatic rings. The third-order valence-corrected chi connectivity index (χ3v) is 4.57. The van der Waals surface area contributed by atoms with E-state index in [0.717, 1.165) is 18.4 Å². The van der Waals surface area contributed by atoms with Crippen LogP contribution in [0.25, 0.3) is 0 Å². The molecule has 3 rings (SSSR count). The SMILES string of the molecule is NC(=O)c1csc(NC(=O)C2(c3ccc(Cl)cc3)CC2)n1. The maximum Gasteiger partial charge on any atom is 0.268 e. The van der Waals surface area contributed by atoms with Crippen LogP contribution in [-0.2, 0) is 10.2 Å². The minimum Gasteiger partial charge on any atom is -0.364 e. The van der Waals surface area contributed by atoms with E-state index < -0.39 is 11.3 Å². The average Bonchev–Trinajstić information content (AvgIpc) is 3.13. The molecule has 0 aliphatic heterocycles. The molecule has 0 atom stereocenters. The lowest BCUT2D eigenvalue weighted by molar-refractivity contribution is -0.118. The van der Waals surface area contributed by atoms with Gasteiger partial charge in [-0.2, -0.15) is 0 Å². The molecule has 0 spiro atoms. The number of rotatable bonds is 4. The predicted molar refractivity (Wildman–Crippen MR) is 81.6 cm³/mol. The molecule has 0 saturated heterocycles. The Morgan fingerprint density at radius 1 is 1.29 bits per heavy atom. The van der Waals surface area contributed by atoms with Gasteiger partial charge in [0.2, 0.25) is 5.91 Å². The van der Waals surface area contributed by atoms with Gasteiger partial charge in [0.1, 0.15) is 5.69 Å². The van der Waals surface area contributed by atoms with Crippen LogP contribution in [0.5, 0.6) is 0 Å². The maximum absolute atomic E-state index is 12.5. The molecule has 1 aromatic carbocycles. The number of hydrogen-bond donors (Lipinski definition) is 2. The molecule has 0 unspecified atom stereocenters. The largest absolute Gasteiger partial charge is 0.364 e. The average molecular weight is 322 g/mol. The number of carbonyl (C=O) groups excluding carboxylic acids is 2. The standard InChI is InChI=1S/C14H12ClN3O2S/c15-9-3-1-8(2-4-9)14(5-6-14)12(20)18-13-17-10(7-21-13)11(16)19/h1-4,7H,5-6H2,(H2,16,19)(H,17,18,20). The van der Waals surface area contributed by atoms with Gasteiger partial charge in [-0.3, -0.25) is 9.59 Å². The molecule has 1 aromatic heterocycles. The second-order valence-electron chi connectivity index (χ2n) is 4.95. The minimum absolute atomic E-state index is 0.116. The number of carbonyl (C=O) groups is 2. The molecule has 0 bridgehead atoms. The van der Waals surface area contributed by atoms with Gasteiger partial charge in [-0.1, -0.05) is 23.7 Å². The number of nitrogens with zero attached hydrogens (tertiary/aromatic N) is 1. The first-order valence-electron chi connectivity index (χ1n) is 6.34. The lowest BCUT2D eigenvalue weighted by Gasteiger charge is -2.14. The molecule has 7 heteroatoms. The highest BCUT2D eigenvalue weighted by molar-refractivity contribution is 7.14. The van der Waals surface area contributed by atoms with Crippen LogP contribution in [0.1, 0.15) is 28.9 Å². The lowest BCUT2D eigenvalue weighted by atomic mass is 9.95. The van der Waals surface area contributed by atoms with Crippen molar-refractivity contribution in [1.82, 2.24) is 4.98 Å². The van der Waals surface area contributed by atoms with Gasteiger partial charge >= 0.3 is 0 Å². The highest BCUT2D eigenvalue weighted by Crippen LogP contribution is 2.49. The molecule has 2 aromatic rings. The van der Waals surface area contributed by atoms with Crippen molar-refractivity contribution in [1.29, 1.82) is 0 Å². The van der Waals surface area contributed by atoms with Gasteiger partial charge in [0.15, 0.2) is 5.13 Å². The van der Waals surface area contributed by atoms with Crippen molar-refractivity contribution < 1.29 is 9.59 Å². The fourth-order valence-corrected chi connectivity index (χ4v) is 3.02.